The summed E-state index contributed by atoms with van der Waals surface area (Å²) in [4.78, 5) is 0.318. The first kappa shape index (κ1) is 24.9. The first-order valence-electron chi connectivity index (χ1n) is 12.4. The average Bonchev–Trinajstić information content (AvgIpc) is 3.16. The third kappa shape index (κ3) is 4.77. The number of rotatable bonds is 7. The topological polar surface area (TPSA) is 51.5 Å². The molecular weight excluding hydrogens is 492 g/mol. The molecule has 3 aromatic carbocycles. The third-order valence-electron chi connectivity index (χ3n) is 7.14. The smallest absolute Gasteiger partial charge is 0.243 e. The van der Waals surface area contributed by atoms with E-state index in [1.165, 1.54) is 22.2 Å². The van der Waals surface area contributed by atoms with Gasteiger partial charge in [-0.1, -0.05) is 41.9 Å². The molecule has 188 valence electrons. The van der Waals surface area contributed by atoms with E-state index in [1.54, 1.807) is 28.6 Å². The Labute approximate surface area is 218 Å². The van der Waals surface area contributed by atoms with Crippen LogP contribution in [-0.2, 0) is 16.6 Å². The van der Waals surface area contributed by atoms with Gasteiger partial charge in [-0.3, -0.25) is 0 Å². The Kier molecular flexibility index (Phi) is 7.11. The number of piperidine rings is 1. The van der Waals surface area contributed by atoms with E-state index in [4.69, 9.17) is 16.3 Å². The minimum absolute atomic E-state index is 0.308. The minimum Gasteiger partial charge on any atom is -0.494 e. The van der Waals surface area contributed by atoms with Crippen LogP contribution in [0.15, 0.2) is 77.7 Å². The van der Waals surface area contributed by atoms with Crippen LogP contribution in [0.5, 0.6) is 5.75 Å². The second-order valence-corrected chi connectivity index (χ2v) is 11.7. The maximum Gasteiger partial charge on any atom is 0.243 e. The van der Waals surface area contributed by atoms with Crippen LogP contribution in [0.25, 0.3) is 10.9 Å². The zero-order valence-corrected chi connectivity index (χ0v) is 22.2. The van der Waals surface area contributed by atoms with E-state index < -0.39 is 10.0 Å². The average molecular weight is 523 g/mol. The minimum atomic E-state index is -3.53. The largest absolute Gasteiger partial charge is 0.494 e. The van der Waals surface area contributed by atoms with Crippen LogP contribution in [0.2, 0.25) is 5.02 Å². The predicted octanol–water partition coefficient (Wildman–Crippen LogP) is 6.62. The van der Waals surface area contributed by atoms with Crippen molar-refractivity contribution >= 4 is 32.5 Å². The van der Waals surface area contributed by atoms with Crippen LogP contribution in [0.4, 0.5) is 0 Å². The Hall–Kier alpha value is -2.80. The van der Waals surface area contributed by atoms with E-state index in [2.05, 4.69) is 41.8 Å². The lowest BCUT2D eigenvalue weighted by molar-refractivity contribution is 0.319. The number of benzene rings is 3. The number of sulfonamides is 1. The van der Waals surface area contributed by atoms with Crippen molar-refractivity contribution < 1.29 is 13.2 Å². The molecule has 0 N–H and O–H groups in total. The van der Waals surface area contributed by atoms with Crippen LogP contribution in [0, 0.1) is 6.92 Å². The molecule has 0 spiro atoms. The fraction of sp³-hybridized carbons (Fsp3) is 0.310. The quantitative estimate of drug-likeness (QED) is 0.274. The zero-order valence-electron chi connectivity index (χ0n) is 20.7. The van der Waals surface area contributed by atoms with Crippen molar-refractivity contribution in [2.75, 3.05) is 19.7 Å². The highest BCUT2D eigenvalue weighted by Crippen LogP contribution is 2.39. The maximum absolute atomic E-state index is 13.3. The van der Waals surface area contributed by atoms with Gasteiger partial charge in [-0.15, -0.1) is 0 Å². The first-order chi connectivity index (χ1) is 17.4. The summed E-state index contributed by atoms with van der Waals surface area (Å²) < 4.78 is 36.0. The van der Waals surface area contributed by atoms with Crippen LogP contribution in [-0.4, -0.2) is 37.0 Å². The summed E-state index contributed by atoms with van der Waals surface area (Å²) in [7, 11) is -3.53. The second-order valence-electron chi connectivity index (χ2n) is 9.32. The SMILES string of the molecule is CCOc1ccc(S(=O)(=O)N2CCC(c3c(C)n(Cc4cccc(Cl)c4)c4ccccc34)CC2)cc1. The van der Waals surface area contributed by atoms with Crippen molar-refractivity contribution in [2.45, 2.75) is 44.0 Å². The van der Waals surface area contributed by atoms with Gasteiger partial charge < -0.3 is 9.30 Å². The number of para-hydroxylation sites is 1. The molecule has 0 bridgehead atoms. The third-order valence-corrected chi connectivity index (χ3v) is 9.29. The zero-order chi connectivity index (χ0) is 25.3. The molecule has 36 heavy (non-hydrogen) atoms. The van der Waals surface area contributed by atoms with Crippen LogP contribution < -0.4 is 4.74 Å². The summed E-state index contributed by atoms with van der Waals surface area (Å²) in [5.74, 6) is 0.988. The fourth-order valence-electron chi connectivity index (χ4n) is 5.40. The number of halogens is 1. The number of hydrogen-bond donors (Lipinski definition) is 0. The molecule has 0 amide bonds. The van der Waals surface area contributed by atoms with Gasteiger partial charge in [0.1, 0.15) is 5.75 Å². The van der Waals surface area contributed by atoms with Gasteiger partial charge in [0, 0.05) is 41.3 Å². The van der Waals surface area contributed by atoms with Gasteiger partial charge in [0.2, 0.25) is 10.0 Å². The summed E-state index contributed by atoms with van der Waals surface area (Å²) in [6.45, 7) is 6.40. The second kappa shape index (κ2) is 10.3. The molecule has 1 saturated heterocycles. The van der Waals surface area contributed by atoms with E-state index in [0.717, 1.165) is 30.0 Å². The van der Waals surface area contributed by atoms with Crippen LogP contribution in [0.3, 0.4) is 0 Å². The molecular formula is C29H31ClN2O3S. The van der Waals surface area contributed by atoms with E-state index in [9.17, 15) is 8.42 Å². The summed E-state index contributed by atoms with van der Waals surface area (Å²) in [6, 6.07) is 23.2. The number of nitrogens with zero attached hydrogens (tertiary/aromatic N) is 2. The summed E-state index contributed by atoms with van der Waals surface area (Å²) in [5.41, 5.74) is 4.94. The number of hydrogen-bond acceptors (Lipinski definition) is 3. The molecule has 7 heteroatoms. The van der Waals surface area contributed by atoms with Gasteiger partial charge >= 0.3 is 0 Å². The fourth-order valence-corrected chi connectivity index (χ4v) is 7.09. The molecule has 1 aliphatic heterocycles. The lowest BCUT2D eigenvalue weighted by Gasteiger charge is -2.31. The van der Waals surface area contributed by atoms with Crippen molar-refractivity contribution in [2.24, 2.45) is 0 Å². The molecule has 0 radical (unpaired) electrons. The van der Waals surface area contributed by atoms with Crippen LogP contribution >= 0.6 is 11.6 Å². The van der Waals surface area contributed by atoms with Gasteiger partial charge in [-0.05, 0) is 86.2 Å². The molecule has 1 aromatic heterocycles. The maximum atomic E-state index is 13.3. The standard InChI is InChI=1S/C29H31ClN2O3S/c1-3-35-25-11-13-26(14-12-25)36(33,34)31-17-15-23(16-18-31)29-21(2)32(28-10-5-4-9-27(28)29)20-22-7-6-8-24(30)19-22/h4-14,19,23H,3,15-18,20H2,1-2H3. The summed E-state index contributed by atoms with van der Waals surface area (Å²) >= 11 is 6.24. The lowest BCUT2D eigenvalue weighted by atomic mass is 9.88. The number of ether oxygens (including phenoxy) is 1. The van der Waals surface area contributed by atoms with Crippen molar-refractivity contribution in [1.82, 2.24) is 8.87 Å². The van der Waals surface area contributed by atoms with Crippen molar-refractivity contribution in [1.29, 1.82) is 0 Å². The first-order valence-corrected chi connectivity index (χ1v) is 14.3. The molecule has 0 unspecified atom stereocenters. The van der Waals surface area contributed by atoms with Gasteiger partial charge in [0.05, 0.1) is 11.5 Å². The highest BCUT2D eigenvalue weighted by atomic mass is 35.5. The molecule has 5 rings (SSSR count). The van der Waals surface area contributed by atoms with Gasteiger partial charge in [0.25, 0.3) is 0 Å². The van der Waals surface area contributed by atoms with Crippen molar-refractivity contribution in [3.8, 4) is 5.75 Å². The number of fused-ring (bicyclic) bond motifs is 1. The Morgan fingerprint density at radius 2 is 1.69 bits per heavy atom. The predicted molar refractivity (Wildman–Crippen MR) is 146 cm³/mol. The molecule has 0 aliphatic carbocycles. The van der Waals surface area contributed by atoms with Gasteiger partial charge in [-0.2, -0.15) is 4.31 Å². The van der Waals surface area contributed by atoms with Gasteiger partial charge in [-0.25, -0.2) is 8.42 Å². The number of aromatic nitrogens is 1. The van der Waals surface area contributed by atoms with E-state index in [0.29, 0.717) is 36.3 Å². The highest BCUT2D eigenvalue weighted by molar-refractivity contribution is 7.89. The molecule has 0 saturated carbocycles. The molecule has 2 heterocycles. The monoisotopic (exact) mass is 522 g/mol. The van der Waals surface area contributed by atoms with Gasteiger partial charge in [0.15, 0.2) is 0 Å². The molecule has 1 aliphatic rings. The lowest BCUT2D eigenvalue weighted by Crippen LogP contribution is -2.38. The van der Waals surface area contributed by atoms with Crippen molar-refractivity contribution in [3.05, 3.63) is 94.6 Å². The van der Waals surface area contributed by atoms with Crippen molar-refractivity contribution in [3.63, 3.8) is 0 Å². The Morgan fingerprint density at radius 1 is 0.972 bits per heavy atom. The Morgan fingerprint density at radius 3 is 2.39 bits per heavy atom. The van der Waals surface area contributed by atoms with Crippen LogP contribution in [0.1, 0.15) is 42.5 Å². The molecule has 4 aromatic rings. The van der Waals surface area contributed by atoms with E-state index in [-0.39, 0.29) is 0 Å². The van der Waals surface area contributed by atoms with E-state index in [1.807, 2.05) is 25.1 Å². The summed E-state index contributed by atoms with van der Waals surface area (Å²) in [6.07, 6.45) is 1.59. The highest BCUT2D eigenvalue weighted by Gasteiger charge is 2.32. The molecule has 0 atom stereocenters. The molecule has 5 nitrogen and oxygen atoms in total. The normalized spacial score (nSPS) is 15.4. The summed E-state index contributed by atoms with van der Waals surface area (Å²) in [5, 5.41) is 1.99. The Balaban J connectivity index is 1.38. The molecule has 1 fully saturated rings. The van der Waals surface area contributed by atoms with E-state index >= 15 is 0 Å². The Bertz CT molecular complexity index is 1470.